The quantitative estimate of drug-likeness (QED) is 0.799. The summed E-state index contributed by atoms with van der Waals surface area (Å²) in [6, 6.07) is 7.28. The van der Waals surface area contributed by atoms with Crippen molar-refractivity contribution < 1.29 is 4.79 Å². The molecule has 1 amide bonds. The topological polar surface area (TPSA) is 66.8 Å². The largest absolute Gasteiger partial charge is 0.340 e. The van der Waals surface area contributed by atoms with Crippen molar-refractivity contribution in [3.8, 4) is 0 Å². The van der Waals surface area contributed by atoms with Crippen LogP contribution in [0.4, 0.5) is 0 Å². The molecule has 0 bridgehead atoms. The van der Waals surface area contributed by atoms with Crippen LogP contribution in [0.25, 0.3) is 11.0 Å². The average molecular weight is 332 g/mol. The smallest absolute Gasteiger partial charge is 0.272 e. The summed E-state index contributed by atoms with van der Waals surface area (Å²) in [6.45, 7) is 4.89. The van der Waals surface area contributed by atoms with Crippen LogP contribution in [0.2, 0.25) is 5.02 Å². The minimum Gasteiger partial charge on any atom is -0.340 e. The average Bonchev–Trinajstić information content (AvgIpc) is 3.08. The third-order valence-corrected chi connectivity index (χ3v) is 3.88. The minimum absolute atomic E-state index is 0.0778. The first-order valence-corrected chi connectivity index (χ1v) is 7.79. The molecule has 23 heavy (non-hydrogen) atoms. The third kappa shape index (κ3) is 3.07. The summed E-state index contributed by atoms with van der Waals surface area (Å²) in [5, 5.41) is 4.97. The number of amides is 1. The number of carbonyl (C=O) groups excluding carboxylic acids is 1. The molecule has 0 spiro atoms. The van der Waals surface area contributed by atoms with Crippen molar-refractivity contribution in [3.05, 3.63) is 46.5 Å². The van der Waals surface area contributed by atoms with Crippen molar-refractivity contribution in [1.82, 2.24) is 24.6 Å². The fraction of sp³-hybridized carbons (Fsp3) is 0.312. The summed E-state index contributed by atoms with van der Waals surface area (Å²) in [6.07, 6.45) is 0. The van der Waals surface area contributed by atoms with Crippen LogP contribution >= 0.6 is 11.6 Å². The SMILES string of the molecule is CCn1nc(C)cc1C(=O)N(C)Cc1nc2ccc(Cl)cc2[nH]1. The highest BCUT2D eigenvalue weighted by atomic mass is 35.5. The van der Waals surface area contributed by atoms with Gasteiger partial charge in [-0.3, -0.25) is 9.48 Å². The first kappa shape index (κ1) is 15.6. The van der Waals surface area contributed by atoms with Gasteiger partial charge in [-0.1, -0.05) is 11.6 Å². The van der Waals surface area contributed by atoms with Crippen LogP contribution in [0.3, 0.4) is 0 Å². The van der Waals surface area contributed by atoms with Crippen molar-refractivity contribution in [1.29, 1.82) is 0 Å². The van der Waals surface area contributed by atoms with E-state index in [0.717, 1.165) is 22.6 Å². The Bertz CT molecular complexity index is 867. The summed E-state index contributed by atoms with van der Waals surface area (Å²) in [5.41, 5.74) is 3.12. The molecular formula is C16H18ClN5O. The molecule has 1 aromatic carbocycles. The zero-order valence-corrected chi connectivity index (χ0v) is 14.1. The lowest BCUT2D eigenvalue weighted by molar-refractivity contribution is 0.0769. The highest BCUT2D eigenvalue weighted by molar-refractivity contribution is 6.31. The molecule has 1 N–H and O–H groups in total. The van der Waals surface area contributed by atoms with E-state index >= 15 is 0 Å². The molecule has 6 nitrogen and oxygen atoms in total. The van der Waals surface area contributed by atoms with Gasteiger partial charge in [0.15, 0.2) is 0 Å². The van der Waals surface area contributed by atoms with Crippen molar-refractivity contribution in [2.45, 2.75) is 26.9 Å². The third-order valence-electron chi connectivity index (χ3n) is 3.65. The molecule has 0 aliphatic rings. The van der Waals surface area contributed by atoms with E-state index in [1.54, 1.807) is 28.8 Å². The van der Waals surface area contributed by atoms with E-state index in [1.807, 2.05) is 26.0 Å². The zero-order valence-electron chi connectivity index (χ0n) is 13.3. The van der Waals surface area contributed by atoms with Gasteiger partial charge in [0, 0.05) is 18.6 Å². The maximum Gasteiger partial charge on any atom is 0.272 e. The highest BCUT2D eigenvalue weighted by Crippen LogP contribution is 2.18. The number of halogens is 1. The molecule has 0 saturated heterocycles. The number of benzene rings is 1. The highest BCUT2D eigenvalue weighted by Gasteiger charge is 2.18. The van der Waals surface area contributed by atoms with Crippen molar-refractivity contribution in [2.24, 2.45) is 0 Å². The molecular weight excluding hydrogens is 314 g/mol. The lowest BCUT2D eigenvalue weighted by Gasteiger charge is -2.16. The van der Waals surface area contributed by atoms with Crippen LogP contribution in [-0.4, -0.2) is 37.6 Å². The number of aryl methyl sites for hydroxylation is 2. The van der Waals surface area contributed by atoms with Crippen LogP contribution in [-0.2, 0) is 13.1 Å². The number of hydrogen-bond acceptors (Lipinski definition) is 3. The van der Waals surface area contributed by atoms with Crippen LogP contribution in [0.5, 0.6) is 0 Å². The minimum atomic E-state index is -0.0778. The monoisotopic (exact) mass is 331 g/mol. The molecule has 0 atom stereocenters. The van der Waals surface area contributed by atoms with Gasteiger partial charge in [0.1, 0.15) is 11.5 Å². The first-order chi connectivity index (χ1) is 11.0. The summed E-state index contributed by atoms with van der Waals surface area (Å²) in [4.78, 5) is 21.9. The second-order valence-corrected chi connectivity index (χ2v) is 5.93. The standard InChI is InChI=1S/C16H18ClN5O/c1-4-22-14(7-10(2)20-22)16(23)21(3)9-15-18-12-6-5-11(17)8-13(12)19-15/h5-8H,4,9H2,1-3H3,(H,18,19). The maximum absolute atomic E-state index is 12.6. The first-order valence-electron chi connectivity index (χ1n) is 7.42. The van der Waals surface area contributed by atoms with E-state index in [-0.39, 0.29) is 5.91 Å². The Morgan fingerprint density at radius 2 is 2.17 bits per heavy atom. The van der Waals surface area contributed by atoms with Crippen molar-refractivity contribution in [2.75, 3.05) is 7.05 Å². The van der Waals surface area contributed by atoms with E-state index < -0.39 is 0 Å². The van der Waals surface area contributed by atoms with Gasteiger partial charge in [-0.15, -0.1) is 0 Å². The number of rotatable bonds is 4. The van der Waals surface area contributed by atoms with E-state index in [4.69, 9.17) is 11.6 Å². The molecule has 0 fully saturated rings. The second kappa shape index (κ2) is 6.04. The number of fused-ring (bicyclic) bond motifs is 1. The second-order valence-electron chi connectivity index (χ2n) is 5.49. The van der Waals surface area contributed by atoms with Gasteiger partial charge in [-0.05, 0) is 38.1 Å². The van der Waals surface area contributed by atoms with E-state index in [9.17, 15) is 4.79 Å². The number of nitrogens with zero attached hydrogens (tertiary/aromatic N) is 4. The molecule has 2 heterocycles. The number of aromatic nitrogens is 4. The summed E-state index contributed by atoms with van der Waals surface area (Å²) in [7, 11) is 1.75. The number of H-pyrrole nitrogens is 1. The van der Waals surface area contributed by atoms with Crippen molar-refractivity contribution in [3.63, 3.8) is 0 Å². The number of nitrogens with one attached hydrogen (secondary N) is 1. The Hall–Kier alpha value is -2.34. The molecule has 0 aliphatic heterocycles. The number of imidazole rings is 1. The predicted octanol–water partition coefficient (Wildman–Crippen LogP) is 3.01. The molecule has 120 valence electrons. The molecule has 0 aliphatic carbocycles. The Kier molecular flexibility index (Phi) is 4.09. The number of hydrogen-bond donors (Lipinski definition) is 1. The Morgan fingerprint density at radius 3 is 2.91 bits per heavy atom. The number of carbonyl (C=O) groups is 1. The van der Waals surface area contributed by atoms with Gasteiger partial charge in [0.05, 0.1) is 23.3 Å². The van der Waals surface area contributed by atoms with E-state index in [0.29, 0.717) is 23.8 Å². The molecule has 3 aromatic rings. The normalized spacial score (nSPS) is 11.1. The zero-order chi connectivity index (χ0) is 16.6. The molecule has 0 unspecified atom stereocenters. The Morgan fingerprint density at radius 1 is 1.39 bits per heavy atom. The molecule has 3 rings (SSSR count). The fourth-order valence-electron chi connectivity index (χ4n) is 2.56. The summed E-state index contributed by atoms with van der Waals surface area (Å²) >= 11 is 5.98. The van der Waals surface area contributed by atoms with Crippen molar-refractivity contribution >= 4 is 28.5 Å². The molecule has 2 aromatic heterocycles. The number of aromatic amines is 1. The van der Waals surface area contributed by atoms with E-state index in [1.165, 1.54) is 0 Å². The predicted molar refractivity (Wildman–Crippen MR) is 89.5 cm³/mol. The van der Waals surface area contributed by atoms with Gasteiger partial charge in [0.25, 0.3) is 5.91 Å². The molecule has 0 saturated carbocycles. The van der Waals surface area contributed by atoms with E-state index in [2.05, 4.69) is 15.1 Å². The van der Waals surface area contributed by atoms with Gasteiger partial charge < -0.3 is 9.88 Å². The van der Waals surface area contributed by atoms with Crippen LogP contribution in [0.15, 0.2) is 24.3 Å². The molecule has 0 radical (unpaired) electrons. The fourth-order valence-corrected chi connectivity index (χ4v) is 2.73. The lowest BCUT2D eigenvalue weighted by Crippen LogP contribution is -2.28. The Labute approximate surface area is 139 Å². The van der Waals surface area contributed by atoms with Crippen LogP contribution in [0, 0.1) is 6.92 Å². The van der Waals surface area contributed by atoms with Gasteiger partial charge >= 0.3 is 0 Å². The van der Waals surface area contributed by atoms with Crippen LogP contribution < -0.4 is 0 Å². The maximum atomic E-state index is 12.6. The lowest BCUT2D eigenvalue weighted by atomic mass is 10.3. The summed E-state index contributed by atoms with van der Waals surface area (Å²) < 4.78 is 1.71. The summed E-state index contributed by atoms with van der Waals surface area (Å²) in [5.74, 6) is 0.642. The Balaban J connectivity index is 1.81. The molecule has 7 heteroatoms. The van der Waals surface area contributed by atoms with Gasteiger partial charge in [0.2, 0.25) is 0 Å². The van der Waals surface area contributed by atoms with Gasteiger partial charge in [-0.25, -0.2) is 4.98 Å². The van der Waals surface area contributed by atoms with Gasteiger partial charge in [-0.2, -0.15) is 5.10 Å². The van der Waals surface area contributed by atoms with Crippen LogP contribution in [0.1, 0.15) is 28.9 Å².